The second-order valence-electron chi connectivity index (χ2n) is 11.0. The van der Waals surface area contributed by atoms with Crippen LogP contribution in [0.2, 0.25) is 0 Å². The van der Waals surface area contributed by atoms with Gasteiger partial charge in [0, 0.05) is 13.1 Å². The number of hydrogen-bond donors (Lipinski definition) is 2. The maximum absolute atomic E-state index is 13.6. The van der Waals surface area contributed by atoms with E-state index in [2.05, 4.69) is 24.5 Å². The van der Waals surface area contributed by atoms with Crippen molar-refractivity contribution in [3.05, 3.63) is 35.9 Å². The summed E-state index contributed by atoms with van der Waals surface area (Å²) in [5.41, 5.74) is 0.798. The molecule has 1 aromatic rings. The molecule has 0 bridgehead atoms. The highest BCUT2D eigenvalue weighted by Crippen LogP contribution is 2.26. The van der Waals surface area contributed by atoms with Crippen LogP contribution >= 0.6 is 0 Å². The summed E-state index contributed by atoms with van der Waals surface area (Å²) in [5.74, 6) is -4.15. The number of nitrogens with zero attached hydrogens (tertiary/aromatic N) is 1. The molecule has 0 spiro atoms. The first kappa shape index (κ1) is 35.6. The summed E-state index contributed by atoms with van der Waals surface area (Å²) in [4.78, 5) is 66.4. The first-order valence-corrected chi connectivity index (χ1v) is 15.5. The van der Waals surface area contributed by atoms with E-state index in [1.807, 2.05) is 30.3 Å². The zero-order chi connectivity index (χ0) is 31.6. The minimum Gasteiger partial charge on any atom is -0.467 e. The van der Waals surface area contributed by atoms with Gasteiger partial charge in [0.05, 0.1) is 26.1 Å². The average molecular weight is 604 g/mol. The average Bonchev–Trinajstić information content (AvgIpc) is 3.48. The SMILES string of the molecule is CCCCCC[C@H](NC(=O)C1CN(C(=O)OCc2ccccc2)CC1C(=O)N[C@@H](CCCCCC)C(=O)OC)C(=O)OC. The van der Waals surface area contributed by atoms with Crippen LogP contribution in [0.5, 0.6) is 0 Å². The van der Waals surface area contributed by atoms with Crippen molar-refractivity contribution in [1.29, 1.82) is 0 Å². The van der Waals surface area contributed by atoms with Crippen LogP contribution in [0.4, 0.5) is 4.79 Å². The molecule has 1 saturated heterocycles. The minimum absolute atomic E-state index is 0.0360. The van der Waals surface area contributed by atoms with Crippen LogP contribution in [0.1, 0.15) is 83.6 Å². The van der Waals surface area contributed by atoms with Gasteiger partial charge in [-0.15, -0.1) is 0 Å². The highest BCUT2D eigenvalue weighted by molar-refractivity contribution is 5.93. The van der Waals surface area contributed by atoms with Gasteiger partial charge >= 0.3 is 18.0 Å². The van der Waals surface area contributed by atoms with E-state index >= 15 is 0 Å². The van der Waals surface area contributed by atoms with Crippen LogP contribution in [0.3, 0.4) is 0 Å². The van der Waals surface area contributed by atoms with Crippen molar-refractivity contribution >= 4 is 29.8 Å². The number of esters is 2. The standard InChI is InChI=1S/C32H49N3O8/c1-5-7-9-14-18-26(30(38)41-3)33-28(36)24-20-35(32(40)43-22-23-16-12-11-13-17-23)21-25(24)29(37)34-27(31(39)42-4)19-15-10-8-6-2/h11-13,16-17,24-27H,5-10,14-15,18-22H2,1-4H3,(H,33,36)(H,34,37)/t24?,25?,26-,27-/m0/s1. The van der Waals surface area contributed by atoms with Gasteiger partial charge in [-0.2, -0.15) is 0 Å². The molecule has 2 rings (SSSR count). The Morgan fingerprint density at radius 3 is 1.63 bits per heavy atom. The van der Waals surface area contributed by atoms with Gasteiger partial charge in [0.2, 0.25) is 11.8 Å². The highest BCUT2D eigenvalue weighted by atomic mass is 16.6. The van der Waals surface area contributed by atoms with Gasteiger partial charge in [-0.05, 0) is 18.4 Å². The molecule has 43 heavy (non-hydrogen) atoms. The number of benzene rings is 1. The van der Waals surface area contributed by atoms with Crippen molar-refractivity contribution in [2.24, 2.45) is 11.8 Å². The lowest BCUT2D eigenvalue weighted by Crippen LogP contribution is -2.50. The molecule has 1 aromatic carbocycles. The summed E-state index contributed by atoms with van der Waals surface area (Å²) < 4.78 is 15.3. The van der Waals surface area contributed by atoms with Crippen LogP contribution in [0.25, 0.3) is 0 Å². The second kappa shape index (κ2) is 19.5. The molecule has 1 heterocycles. The van der Waals surface area contributed by atoms with E-state index in [1.165, 1.54) is 19.1 Å². The number of carbonyl (C=O) groups excluding carboxylic acids is 5. The van der Waals surface area contributed by atoms with Crippen molar-refractivity contribution in [3.63, 3.8) is 0 Å². The summed E-state index contributed by atoms with van der Waals surface area (Å²) in [7, 11) is 2.52. The zero-order valence-electron chi connectivity index (χ0n) is 26.1. The number of hydrogen-bond acceptors (Lipinski definition) is 8. The highest BCUT2D eigenvalue weighted by Gasteiger charge is 2.45. The van der Waals surface area contributed by atoms with Gasteiger partial charge in [-0.1, -0.05) is 95.5 Å². The van der Waals surface area contributed by atoms with E-state index in [1.54, 1.807) is 0 Å². The number of methoxy groups -OCH3 is 2. The molecule has 0 saturated carbocycles. The molecular formula is C32H49N3O8. The Hall–Kier alpha value is -3.63. The lowest BCUT2D eigenvalue weighted by molar-refractivity contribution is -0.147. The van der Waals surface area contributed by atoms with Crippen LogP contribution in [0.15, 0.2) is 30.3 Å². The van der Waals surface area contributed by atoms with Crippen LogP contribution < -0.4 is 10.6 Å². The normalized spacial score (nSPS) is 17.4. The molecule has 4 atom stereocenters. The maximum atomic E-state index is 13.6. The van der Waals surface area contributed by atoms with Gasteiger partial charge < -0.3 is 29.7 Å². The van der Waals surface area contributed by atoms with E-state index in [0.717, 1.165) is 56.9 Å². The van der Waals surface area contributed by atoms with E-state index in [0.29, 0.717) is 12.8 Å². The van der Waals surface area contributed by atoms with Gasteiger partial charge in [-0.25, -0.2) is 14.4 Å². The minimum atomic E-state index is -0.967. The molecule has 2 N–H and O–H groups in total. The van der Waals surface area contributed by atoms with Crippen molar-refractivity contribution in [2.75, 3.05) is 27.3 Å². The van der Waals surface area contributed by atoms with Gasteiger partial charge in [0.1, 0.15) is 18.7 Å². The molecule has 0 radical (unpaired) electrons. The summed E-state index contributed by atoms with van der Waals surface area (Å²) >= 11 is 0. The number of nitrogens with one attached hydrogen (secondary N) is 2. The Bertz CT molecular complexity index is 981. The van der Waals surface area contributed by atoms with Crippen LogP contribution in [0, 0.1) is 11.8 Å². The third-order valence-corrected chi connectivity index (χ3v) is 7.75. The number of ether oxygens (including phenoxy) is 3. The summed E-state index contributed by atoms with van der Waals surface area (Å²) in [5, 5.41) is 5.52. The molecule has 0 aromatic heterocycles. The molecule has 11 nitrogen and oxygen atoms in total. The molecule has 0 aliphatic carbocycles. The summed E-state index contributed by atoms with van der Waals surface area (Å²) in [6, 6.07) is 7.42. The fourth-order valence-corrected chi connectivity index (χ4v) is 5.19. The first-order chi connectivity index (χ1) is 20.7. The summed E-state index contributed by atoms with van der Waals surface area (Å²) in [6.07, 6.45) is 7.44. The van der Waals surface area contributed by atoms with Crippen molar-refractivity contribution in [2.45, 2.75) is 96.7 Å². The van der Waals surface area contributed by atoms with Gasteiger partial charge in [0.25, 0.3) is 0 Å². The predicted molar refractivity (Wildman–Crippen MR) is 161 cm³/mol. The van der Waals surface area contributed by atoms with Crippen molar-refractivity contribution in [3.8, 4) is 0 Å². The third-order valence-electron chi connectivity index (χ3n) is 7.75. The second-order valence-corrected chi connectivity index (χ2v) is 11.0. The quantitative estimate of drug-likeness (QED) is 0.145. The molecule has 240 valence electrons. The predicted octanol–water partition coefficient (Wildman–Crippen LogP) is 4.13. The Kier molecular flexibility index (Phi) is 16.2. The fraction of sp³-hybridized carbons (Fsp3) is 0.656. The Morgan fingerprint density at radius 1 is 0.744 bits per heavy atom. The van der Waals surface area contributed by atoms with Crippen molar-refractivity contribution < 1.29 is 38.2 Å². The smallest absolute Gasteiger partial charge is 0.410 e. The zero-order valence-corrected chi connectivity index (χ0v) is 26.1. The molecule has 1 fully saturated rings. The Morgan fingerprint density at radius 2 is 1.21 bits per heavy atom. The molecule has 1 aliphatic rings. The fourth-order valence-electron chi connectivity index (χ4n) is 5.19. The van der Waals surface area contributed by atoms with E-state index in [4.69, 9.17) is 14.2 Å². The lowest BCUT2D eigenvalue weighted by Gasteiger charge is -2.23. The largest absolute Gasteiger partial charge is 0.467 e. The van der Waals surface area contributed by atoms with Gasteiger partial charge in [0.15, 0.2) is 0 Å². The van der Waals surface area contributed by atoms with E-state index in [9.17, 15) is 24.0 Å². The van der Waals surface area contributed by atoms with Crippen molar-refractivity contribution in [1.82, 2.24) is 15.5 Å². The van der Waals surface area contributed by atoms with E-state index < -0.39 is 53.8 Å². The lowest BCUT2D eigenvalue weighted by atomic mass is 9.93. The Balaban J connectivity index is 2.20. The molecule has 3 amide bonds. The number of amides is 3. The van der Waals surface area contributed by atoms with Crippen LogP contribution in [-0.4, -0.2) is 74.1 Å². The van der Waals surface area contributed by atoms with Gasteiger partial charge in [-0.3, -0.25) is 9.59 Å². The molecular weight excluding hydrogens is 554 g/mol. The topological polar surface area (TPSA) is 140 Å². The summed E-state index contributed by atoms with van der Waals surface area (Å²) in [6.45, 7) is 4.03. The van der Waals surface area contributed by atoms with E-state index in [-0.39, 0.29) is 19.7 Å². The first-order valence-electron chi connectivity index (χ1n) is 15.5. The molecule has 11 heteroatoms. The number of rotatable bonds is 18. The maximum Gasteiger partial charge on any atom is 0.410 e. The third kappa shape index (κ3) is 11.9. The Labute approximate surface area is 255 Å². The van der Waals surface area contributed by atoms with Crippen LogP contribution in [-0.2, 0) is 40.0 Å². The number of carbonyl (C=O) groups is 5. The molecule has 2 unspecified atom stereocenters. The number of likely N-dealkylation sites (tertiary alicyclic amines) is 1. The molecule has 1 aliphatic heterocycles. The number of unbranched alkanes of at least 4 members (excludes halogenated alkanes) is 6. The monoisotopic (exact) mass is 603 g/mol.